The van der Waals surface area contributed by atoms with Gasteiger partial charge in [0.25, 0.3) is 5.91 Å². The highest BCUT2D eigenvalue weighted by molar-refractivity contribution is 6.07. The Morgan fingerprint density at radius 2 is 1.95 bits per heavy atom. The van der Waals surface area contributed by atoms with E-state index in [0.717, 1.165) is 68.4 Å². The maximum absolute atomic E-state index is 13.2. The number of aromatic amines is 1. The maximum Gasteiger partial charge on any atom is 0.257 e. The molecule has 6 heterocycles. The number of hydrogen-bond donors (Lipinski definition) is 3. The van der Waals surface area contributed by atoms with Crippen molar-refractivity contribution in [2.24, 2.45) is 0 Å². The van der Waals surface area contributed by atoms with Crippen LogP contribution < -0.4 is 15.4 Å². The van der Waals surface area contributed by atoms with Crippen LogP contribution in [0.25, 0.3) is 22.2 Å². The summed E-state index contributed by atoms with van der Waals surface area (Å²) < 4.78 is 8.46. The molecule has 3 N–H and O–H groups in total. The van der Waals surface area contributed by atoms with Crippen molar-refractivity contribution < 1.29 is 14.3 Å². The summed E-state index contributed by atoms with van der Waals surface area (Å²) in [7, 11) is 2.14. The van der Waals surface area contributed by atoms with Gasteiger partial charge in [0.15, 0.2) is 5.78 Å². The number of anilines is 1. The molecule has 1 aromatic carbocycles. The number of carbonyl (C=O) groups excluding carboxylic acids is 2. The summed E-state index contributed by atoms with van der Waals surface area (Å²) in [4.78, 5) is 36.2. The fourth-order valence-corrected chi connectivity index (χ4v) is 6.25. The molecule has 40 heavy (non-hydrogen) atoms. The van der Waals surface area contributed by atoms with Crippen LogP contribution in [0.5, 0.6) is 5.75 Å². The highest BCUT2D eigenvalue weighted by Gasteiger charge is 2.41. The molecule has 7 rings (SSSR count). The van der Waals surface area contributed by atoms with Crippen molar-refractivity contribution >= 4 is 28.4 Å². The minimum absolute atomic E-state index is 0.133. The summed E-state index contributed by atoms with van der Waals surface area (Å²) in [6.07, 6.45) is 11.2. The van der Waals surface area contributed by atoms with E-state index in [9.17, 15) is 9.59 Å². The van der Waals surface area contributed by atoms with Gasteiger partial charge in [-0.05, 0) is 69.8 Å². The number of nitrogens with zero attached hydrogens (tertiary/aromatic N) is 4. The smallest absolute Gasteiger partial charge is 0.257 e. The van der Waals surface area contributed by atoms with Crippen molar-refractivity contribution in [3.63, 3.8) is 0 Å². The van der Waals surface area contributed by atoms with E-state index >= 15 is 0 Å². The molecule has 0 unspecified atom stereocenters. The molecule has 4 aromatic rings. The number of likely N-dealkylation sites (tertiary alicyclic amines) is 1. The van der Waals surface area contributed by atoms with E-state index in [1.54, 1.807) is 12.4 Å². The predicted octanol–water partition coefficient (Wildman–Crippen LogP) is 4.03. The lowest BCUT2D eigenvalue weighted by molar-refractivity contribution is 0.0188. The zero-order valence-electron chi connectivity index (χ0n) is 22.6. The number of pyridine rings is 1. The van der Waals surface area contributed by atoms with Crippen molar-refractivity contribution in [2.75, 3.05) is 38.5 Å². The first-order valence-corrected chi connectivity index (χ1v) is 14.0. The lowest BCUT2D eigenvalue weighted by atomic mass is 9.82. The third kappa shape index (κ3) is 4.56. The first-order valence-electron chi connectivity index (χ1n) is 14.0. The molecule has 0 radical (unpaired) electrons. The van der Waals surface area contributed by atoms with Gasteiger partial charge in [-0.25, -0.2) is 4.98 Å². The molecule has 1 spiro atoms. The van der Waals surface area contributed by atoms with E-state index in [1.807, 2.05) is 41.3 Å². The molecule has 2 fully saturated rings. The van der Waals surface area contributed by atoms with Crippen molar-refractivity contribution in [1.29, 1.82) is 0 Å². The topological polar surface area (TPSA) is 117 Å². The summed E-state index contributed by atoms with van der Waals surface area (Å²) in [5, 5.41) is 11.7. The van der Waals surface area contributed by atoms with Crippen LogP contribution in [0.15, 0.2) is 49.1 Å². The van der Waals surface area contributed by atoms with Gasteiger partial charge in [-0.3, -0.25) is 14.3 Å². The summed E-state index contributed by atoms with van der Waals surface area (Å²) in [6.45, 7) is 3.78. The van der Waals surface area contributed by atoms with Crippen LogP contribution in [0, 0.1) is 0 Å². The number of fused-ring (bicyclic) bond motifs is 2. The SMILES string of the molecule is CN1CCC(n2cc(NC(=O)c3cnc4[nH]cc(-c5ccc6c(c5)OC5(CCNCC5)CC6=O)c4c3)cn2)CC1. The largest absolute Gasteiger partial charge is 0.486 e. The van der Waals surface area contributed by atoms with Crippen molar-refractivity contribution in [3.05, 3.63) is 60.2 Å². The van der Waals surface area contributed by atoms with Gasteiger partial charge in [-0.2, -0.15) is 5.10 Å². The molecule has 1 amide bonds. The molecule has 3 aliphatic rings. The molecule has 206 valence electrons. The monoisotopic (exact) mass is 539 g/mol. The Hall–Kier alpha value is -4.02. The van der Waals surface area contributed by atoms with Crippen LogP contribution in [-0.2, 0) is 0 Å². The Morgan fingerprint density at radius 3 is 2.77 bits per heavy atom. The Morgan fingerprint density at radius 1 is 1.12 bits per heavy atom. The molecule has 0 atom stereocenters. The van der Waals surface area contributed by atoms with Crippen LogP contribution >= 0.6 is 0 Å². The number of piperidine rings is 2. The third-order valence-corrected chi connectivity index (χ3v) is 8.63. The number of aromatic nitrogens is 4. The second-order valence-corrected chi connectivity index (χ2v) is 11.4. The molecule has 10 nitrogen and oxygen atoms in total. The quantitative estimate of drug-likeness (QED) is 0.358. The van der Waals surface area contributed by atoms with Crippen LogP contribution in [0.4, 0.5) is 5.69 Å². The number of benzene rings is 1. The van der Waals surface area contributed by atoms with E-state index in [1.165, 1.54) is 0 Å². The average Bonchev–Trinajstić information content (AvgIpc) is 3.60. The number of Topliss-reactive ketones (excluding diaryl/α,β-unsaturated/α-hetero) is 1. The predicted molar refractivity (Wildman–Crippen MR) is 152 cm³/mol. The number of hydrogen-bond acceptors (Lipinski definition) is 7. The van der Waals surface area contributed by atoms with Crippen LogP contribution in [0.2, 0.25) is 0 Å². The van der Waals surface area contributed by atoms with Gasteiger partial charge >= 0.3 is 0 Å². The lowest BCUT2D eigenvalue weighted by Crippen LogP contribution is -2.49. The molecule has 0 bridgehead atoms. The van der Waals surface area contributed by atoms with E-state index < -0.39 is 5.60 Å². The van der Waals surface area contributed by atoms with Crippen molar-refractivity contribution in [1.82, 2.24) is 30.0 Å². The van der Waals surface area contributed by atoms with E-state index in [2.05, 4.69) is 37.6 Å². The Labute approximate surface area is 232 Å². The van der Waals surface area contributed by atoms with E-state index in [0.29, 0.717) is 40.7 Å². The van der Waals surface area contributed by atoms with Gasteiger partial charge in [0, 0.05) is 42.4 Å². The Bertz CT molecular complexity index is 1590. The fourth-order valence-electron chi connectivity index (χ4n) is 6.25. The minimum atomic E-state index is -0.428. The summed E-state index contributed by atoms with van der Waals surface area (Å²) >= 11 is 0. The molecule has 0 aliphatic carbocycles. The molecule has 3 aliphatic heterocycles. The van der Waals surface area contributed by atoms with Gasteiger partial charge in [0.2, 0.25) is 0 Å². The van der Waals surface area contributed by atoms with Crippen LogP contribution in [0.3, 0.4) is 0 Å². The van der Waals surface area contributed by atoms with Gasteiger partial charge in [-0.15, -0.1) is 0 Å². The number of rotatable bonds is 4. The van der Waals surface area contributed by atoms with Crippen molar-refractivity contribution in [2.45, 2.75) is 43.7 Å². The number of ether oxygens (including phenoxy) is 1. The second-order valence-electron chi connectivity index (χ2n) is 11.4. The van der Waals surface area contributed by atoms with Crippen LogP contribution in [0.1, 0.15) is 58.9 Å². The number of nitrogens with one attached hydrogen (secondary N) is 3. The fraction of sp³-hybridized carbons (Fsp3) is 0.400. The van der Waals surface area contributed by atoms with Gasteiger partial charge in [-0.1, -0.05) is 6.07 Å². The average molecular weight is 540 g/mol. The highest BCUT2D eigenvalue weighted by atomic mass is 16.5. The Balaban J connectivity index is 1.13. The number of carbonyl (C=O) groups is 2. The molecule has 0 saturated carbocycles. The maximum atomic E-state index is 13.2. The molecule has 10 heteroatoms. The van der Waals surface area contributed by atoms with E-state index in [4.69, 9.17) is 4.74 Å². The number of H-pyrrole nitrogens is 1. The molecular weight excluding hydrogens is 506 g/mol. The first kappa shape index (κ1) is 25.0. The summed E-state index contributed by atoms with van der Waals surface area (Å²) in [6, 6.07) is 7.94. The zero-order valence-corrected chi connectivity index (χ0v) is 22.6. The van der Waals surface area contributed by atoms with Gasteiger partial charge < -0.3 is 25.3 Å². The third-order valence-electron chi connectivity index (χ3n) is 8.63. The molecule has 3 aromatic heterocycles. The summed E-state index contributed by atoms with van der Waals surface area (Å²) in [5.74, 6) is 0.526. The highest BCUT2D eigenvalue weighted by Crippen LogP contribution is 2.41. The van der Waals surface area contributed by atoms with Gasteiger partial charge in [0.05, 0.1) is 35.5 Å². The second kappa shape index (κ2) is 9.87. The summed E-state index contributed by atoms with van der Waals surface area (Å²) in [5.41, 5.74) is 3.82. The van der Waals surface area contributed by atoms with E-state index in [-0.39, 0.29) is 11.7 Å². The van der Waals surface area contributed by atoms with Crippen molar-refractivity contribution in [3.8, 4) is 16.9 Å². The Kier molecular flexibility index (Phi) is 6.16. The minimum Gasteiger partial charge on any atom is -0.486 e. The zero-order chi connectivity index (χ0) is 27.3. The normalized spacial score (nSPS) is 19.5. The molecule has 2 saturated heterocycles. The standard InChI is InChI=1S/C30H33N7O3/c1-36-10-4-22(5-11-36)37-18-21(16-34-37)35-29(39)20-12-24-25(17-33-28(24)32-15-20)19-2-3-23-26(38)14-30(40-27(23)13-19)6-8-31-9-7-30/h2-3,12-13,15-18,22,31H,4-11,14H2,1H3,(H,32,33)(H,35,39). The first-order chi connectivity index (χ1) is 19.5. The molecular formula is C30H33N7O3. The van der Waals surface area contributed by atoms with Crippen LogP contribution in [-0.4, -0.2) is 75.2 Å². The number of ketones is 1. The lowest BCUT2D eigenvalue weighted by Gasteiger charge is -2.41. The number of amides is 1. The van der Waals surface area contributed by atoms with Gasteiger partial charge in [0.1, 0.15) is 17.0 Å².